The minimum atomic E-state index is -4.67. The summed E-state index contributed by atoms with van der Waals surface area (Å²) in [4.78, 5) is 49.2. The van der Waals surface area contributed by atoms with Crippen molar-refractivity contribution < 1.29 is 32.6 Å². The van der Waals surface area contributed by atoms with Crippen molar-refractivity contribution in [1.82, 2.24) is 24.8 Å². The summed E-state index contributed by atoms with van der Waals surface area (Å²) in [5.74, 6) is -1.36. The molecule has 0 radical (unpaired) electrons. The molecular formula is C25H23F3N6O5S. The van der Waals surface area contributed by atoms with Crippen LogP contribution >= 0.6 is 11.3 Å². The van der Waals surface area contributed by atoms with Gasteiger partial charge in [0.25, 0.3) is 0 Å². The van der Waals surface area contributed by atoms with E-state index in [0.29, 0.717) is 26.1 Å². The first-order valence-corrected chi connectivity index (χ1v) is 12.7. The smallest absolute Gasteiger partial charge is 0.434 e. The van der Waals surface area contributed by atoms with Crippen LogP contribution in [0.1, 0.15) is 29.4 Å². The van der Waals surface area contributed by atoms with Gasteiger partial charge in [0.1, 0.15) is 22.0 Å². The lowest BCUT2D eigenvalue weighted by Gasteiger charge is -2.14. The molecular weight excluding hydrogens is 553 g/mol. The van der Waals surface area contributed by atoms with Crippen molar-refractivity contribution in [3.63, 3.8) is 0 Å². The molecule has 0 unspecified atom stereocenters. The summed E-state index contributed by atoms with van der Waals surface area (Å²) in [6.45, 7) is 2.77. The van der Waals surface area contributed by atoms with E-state index in [2.05, 4.69) is 25.6 Å². The van der Waals surface area contributed by atoms with Crippen LogP contribution in [0.15, 0.2) is 40.9 Å². The first-order chi connectivity index (χ1) is 19.0. The van der Waals surface area contributed by atoms with Gasteiger partial charge in [-0.05, 0) is 25.5 Å². The van der Waals surface area contributed by atoms with E-state index in [1.807, 2.05) is 0 Å². The minimum absolute atomic E-state index is 0.000381. The number of nitrogens with one attached hydrogen (secondary N) is 2. The Kier molecular flexibility index (Phi) is 8.44. The third-order valence-corrected chi connectivity index (χ3v) is 6.59. The topological polar surface area (TPSA) is 148 Å². The molecule has 4 aromatic heterocycles. The van der Waals surface area contributed by atoms with Gasteiger partial charge in [0.15, 0.2) is 5.69 Å². The van der Waals surface area contributed by atoms with Gasteiger partial charge in [-0.25, -0.2) is 24.5 Å². The zero-order valence-electron chi connectivity index (χ0n) is 21.2. The van der Waals surface area contributed by atoms with Gasteiger partial charge >= 0.3 is 18.2 Å². The predicted octanol–water partition coefficient (Wildman–Crippen LogP) is 4.48. The molecule has 0 saturated heterocycles. The number of nitrogens with zero attached hydrogens (tertiary/aromatic N) is 4. The van der Waals surface area contributed by atoms with Crippen molar-refractivity contribution in [2.45, 2.75) is 26.1 Å². The fourth-order valence-corrected chi connectivity index (χ4v) is 4.76. The van der Waals surface area contributed by atoms with Crippen molar-refractivity contribution in [2.24, 2.45) is 0 Å². The molecule has 40 heavy (non-hydrogen) atoms. The average Bonchev–Trinajstić information content (AvgIpc) is 3.41. The monoisotopic (exact) mass is 576 g/mol. The van der Waals surface area contributed by atoms with E-state index in [4.69, 9.17) is 4.74 Å². The van der Waals surface area contributed by atoms with Crippen LogP contribution in [0, 0.1) is 0 Å². The van der Waals surface area contributed by atoms with Crippen LogP contribution in [0.4, 0.5) is 23.8 Å². The van der Waals surface area contributed by atoms with E-state index < -0.39 is 34.9 Å². The Balaban J connectivity index is 1.90. The number of halogens is 3. The molecule has 0 saturated carbocycles. The molecule has 4 rings (SSSR count). The number of carbonyl (C=O) groups is 2. The minimum Gasteiger partial charge on any atom is -0.477 e. The molecule has 4 aromatic rings. The third-order valence-electron chi connectivity index (χ3n) is 5.71. The molecule has 0 bridgehead atoms. The highest BCUT2D eigenvalue weighted by Gasteiger charge is 2.34. The Labute approximate surface area is 228 Å². The van der Waals surface area contributed by atoms with Gasteiger partial charge < -0.3 is 19.7 Å². The highest BCUT2D eigenvalue weighted by molar-refractivity contribution is 7.13. The second-order valence-electron chi connectivity index (χ2n) is 8.45. The molecule has 0 aliphatic heterocycles. The summed E-state index contributed by atoms with van der Waals surface area (Å²) in [6, 6.07) is 2.22. The fourth-order valence-electron chi connectivity index (χ4n) is 3.90. The Hall–Kier alpha value is -4.37. The lowest BCUT2D eigenvalue weighted by Crippen LogP contribution is -2.28. The zero-order valence-corrected chi connectivity index (χ0v) is 22.0. The molecule has 2 amide bonds. The number of hydrogen-bond donors (Lipinski definition) is 3. The van der Waals surface area contributed by atoms with E-state index in [1.54, 1.807) is 6.92 Å². The summed E-state index contributed by atoms with van der Waals surface area (Å²) in [7, 11) is 1.53. The van der Waals surface area contributed by atoms with Crippen molar-refractivity contribution in [2.75, 3.05) is 25.6 Å². The Morgan fingerprint density at radius 1 is 1.18 bits per heavy atom. The Morgan fingerprint density at radius 3 is 2.60 bits per heavy atom. The van der Waals surface area contributed by atoms with E-state index in [0.717, 1.165) is 16.7 Å². The van der Waals surface area contributed by atoms with Crippen molar-refractivity contribution in [3.8, 4) is 21.7 Å². The van der Waals surface area contributed by atoms with Crippen molar-refractivity contribution >= 4 is 40.2 Å². The summed E-state index contributed by atoms with van der Waals surface area (Å²) in [6.07, 6.45) is -0.206. The number of alkyl halides is 3. The van der Waals surface area contributed by atoms with E-state index in [-0.39, 0.29) is 38.5 Å². The molecule has 4 heterocycles. The van der Waals surface area contributed by atoms with E-state index >= 15 is 0 Å². The van der Waals surface area contributed by atoms with Gasteiger partial charge in [0.05, 0.1) is 5.39 Å². The number of pyridine rings is 3. The number of thiazole rings is 1. The molecule has 11 nitrogen and oxygen atoms in total. The quantitative estimate of drug-likeness (QED) is 0.247. The normalized spacial score (nSPS) is 11.5. The fraction of sp³-hybridized carbons (Fsp3) is 0.280. The van der Waals surface area contributed by atoms with Crippen LogP contribution in [0.2, 0.25) is 0 Å². The summed E-state index contributed by atoms with van der Waals surface area (Å²) < 4.78 is 46.5. The number of amides is 2. The maximum Gasteiger partial charge on any atom is 0.434 e. The second kappa shape index (κ2) is 11.8. The van der Waals surface area contributed by atoms with Gasteiger partial charge in [0.2, 0.25) is 5.43 Å². The standard InChI is InChI=1S/C25H23F3N6O5S/c1-3-29-24(38)33-19-8-14(22-32-18(12-40-22)25(26,27)28)16(10-30-19)13-7-15-20(35)17(23(36)37)11-34(5-4-6-39-2)21(15)31-9-13/h7-12H,3-6H2,1-2H3,(H,36,37)(H2,29,30,33,38). The van der Waals surface area contributed by atoms with Gasteiger partial charge in [-0.3, -0.25) is 10.1 Å². The number of fused-ring (bicyclic) bond motifs is 1. The SMILES string of the molecule is CCNC(=O)Nc1cc(-c2nc(C(F)(F)F)cs2)c(-c2cnc3c(c2)c(=O)c(C(=O)O)cn3CCCOC)cn1. The lowest BCUT2D eigenvalue weighted by molar-refractivity contribution is -0.140. The number of urea groups is 1. The third kappa shape index (κ3) is 6.10. The van der Waals surface area contributed by atoms with E-state index in [1.165, 1.54) is 42.4 Å². The number of carboxylic acid groups (broad SMARTS) is 1. The molecule has 0 aromatic carbocycles. The number of hydrogen-bond acceptors (Lipinski definition) is 8. The molecule has 3 N–H and O–H groups in total. The van der Waals surface area contributed by atoms with E-state index in [9.17, 15) is 32.7 Å². The molecule has 15 heteroatoms. The number of aryl methyl sites for hydroxylation is 1. The Morgan fingerprint density at radius 2 is 1.95 bits per heavy atom. The van der Waals surface area contributed by atoms with Crippen LogP contribution in [0.25, 0.3) is 32.7 Å². The highest BCUT2D eigenvalue weighted by atomic mass is 32.1. The van der Waals surface area contributed by atoms with Crippen LogP contribution in [-0.4, -0.2) is 56.9 Å². The number of rotatable bonds is 9. The predicted molar refractivity (Wildman–Crippen MR) is 141 cm³/mol. The second-order valence-corrected chi connectivity index (χ2v) is 9.31. The van der Waals surface area contributed by atoms with Crippen LogP contribution < -0.4 is 16.1 Å². The number of anilines is 1. The lowest BCUT2D eigenvalue weighted by atomic mass is 10.0. The molecule has 0 spiro atoms. The Bertz CT molecular complexity index is 1640. The summed E-state index contributed by atoms with van der Waals surface area (Å²) >= 11 is 0.740. The molecule has 0 aliphatic carbocycles. The first-order valence-electron chi connectivity index (χ1n) is 11.9. The van der Waals surface area contributed by atoms with Gasteiger partial charge in [-0.1, -0.05) is 0 Å². The van der Waals surface area contributed by atoms with Crippen molar-refractivity contribution in [3.05, 3.63) is 57.6 Å². The summed E-state index contributed by atoms with van der Waals surface area (Å²) in [5, 5.41) is 15.5. The largest absolute Gasteiger partial charge is 0.477 e. The first kappa shape index (κ1) is 28.6. The maximum atomic E-state index is 13.3. The molecule has 0 fully saturated rings. The number of aromatic carboxylic acids is 1. The van der Waals surface area contributed by atoms with Crippen LogP contribution in [-0.2, 0) is 17.5 Å². The number of aromatic nitrogens is 4. The number of methoxy groups -OCH3 is 1. The summed E-state index contributed by atoms with van der Waals surface area (Å²) in [5.41, 5.74) is -1.34. The zero-order chi connectivity index (χ0) is 29.0. The highest BCUT2D eigenvalue weighted by Crippen LogP contribution is 2.38. The molecule has 0 aliphatic rings. The van der Waals surface area contributed by atoms with Gasteiger partial charge in [0, 0.05) is 67.5 Å². The van der Waals surface area contributed by atoms with Crippen LogP contribution in [0.5, 0.6) is 0 Å². The number of ether oxygens (including phenoxy) is 1. The molecule has 210 valence electrons. The van der Waals surface area contributed by atoms with Crippen molar-refractivity contribution in [1.29, 1.82) is 0 Å². The number of carbonyl (C=O) groups excluding carboxylic acids is 1. The molecule has 0 atom stereocenters. The van der Waals surface area contributed by atoms with Gasteiger partial charge in [-0.2, -0.15) is 13.2 Å². The number of carboxylic acids is 1. The van der Waals surface area contributed by atoms with Crippen LogP contribution in [0.3, 0.4) is 0 Å². The maximum absolute atomic E-state index is 13.3. The average molecular weight is 577 g/mol. The van der Waals surface area contributed by atoms with Gasteiger partial charge in [-0.15, -0.1) is 11.3 Å².